The van der Waals surface area contributed by atoms with Crippen LogP contribution in [0.3, 0.4) is 0 Å². The lowest BCUT2D eigenvalue weighted by Gasteiger charge is -2.44. The lowest BCUT2D eigenvalue weighted by atomic mass is 9.68. The van der Waals surface area contributed by atoms with Gasteiger partial charge in [-0.05, 0) is 137 Å². The summed E-state index contributed by atoms with van der Waals surface area (Å²) < 4.78 is 123. The van der Waals surface area contributed by atoms with Gasteiger partial charge in [0.1, 0.15) is 0 Å². The molecule has 0 radical (unpaired) electrons. The van der Waals surface area contributed by atoms with Crippen molar-refractivity contribution in [1.29, 1.82) is 0 Å². The number of aliphatic hydroxyl groups is 2. The van der Waals surface area contributed by atoms with Crippen molar-refractivity contribution in [2.24, 2.45) is 21.2 Å². The van der Waals surface area contributed by atoms with E-state index >= 15 is 0 Å². The highest BCUT2D eigenvalue weighted by molar-refractivity contribution is 7.87. The highest BCUT2D eigenvalue weighted by Crippen LogP contribution is 2.46. The molecule has 4 aliphatic rings. The predicted octanol–water partition coefficient (Wildman–Crippen LogP) is 6.78. The van der Waals surface area contributed by atoms with E-state index in [9.17, 15) is 63.0 Å². The molecule has 4 saturated carbocycles. The fourth-order valence-corrected chi connectivity index (χ4v) is 10.8. The van der Waals surface area contributed by atoms with Gasteiger partial charge in [0.05, 0.1) is 0 Å². The van der Waals surface area contributed by atoms with Crippen molar-refractivity contribution in [1.82, 2.24) is 14.5 Å². The minimum Gasteiger partial charge on any atom is -0.376 e. The zero-order valence-electron chi connectivity index (χ0n) is 41.7. The second-order valence-electron chi connectivity index (χ2n) is 20.6. The molecule has 4 aliphatic carbocycles. The van der Waals surface area contributed by atoms with Gasteiger partial charge in [-0.15, -0.1) is 0 Å². The number of hydrogen-bond acceptors (Lipinski definition) is 9. The second kappa shape index (κ2) is 22.9. The summed E-state index contributed by atoms with van der Waals surface area (Å²) in [6.45, 7) is 2.12. The van der Waals surface area contributed by atoms with Gasteiger partial charge in [0.15, 0.2) is 11.2 Å². The highest BCUT2D eigenvalue weighted by Gasteiger charge is 2.53. The third kappa shape index (κ3) is 14.7. The smallest absolute Gasteiger partial charge is 0.376 e. The van der Waals surface area contributed by atoms with Crippen LogP contribution in [0, 0.1) is 0 Å². The van der Waals surface area contributed by atoms with Crippen molar-refractivity contribution in [3.63, 3.8) is 0 Å². The number of halogens is 6. The van der Waals surface area contributed by atoms with Crippen molar-refractivity contribution in [3.05, 3.63) is 143 Å². The predicted molar refractivity (Wildman–Crippen MR) is 271 cm³/mol. The lowest BCUT2D eigenvalue weighted by Crippen LogP contribution is -2.50. The molecule has 0 aliphatic heterocycles. The zero-order valence-corrected chi connectivity index (χ0v) is 43.4. The van der Waals surface area contributed by atoms with E-state index in [-0.39, 0.29) is 64.6 Å². The molecule has 4 fully saturated rings. The molecule has 0 aromatic heterocycles. The Morgan fingerprint density at radius 1 is 0.547 bits per heavy atom. The standard InChI is InChI=1S/C26H32F3N3O4S.C26H31F3N2O2.H4N2O2S/c1-24(34,26(27,28)29)19-9-7-18(8-10-19)23(33)32(21-11-12-21)22-13-15-25(16-14-22,17-31-37(30,35)36)20-5-3-2-4-6-20;1-24(33,26(27,28)29)19-9-7-18(8-10-19)23(32)31(21-11-12-21)22-13-15-25(17-30,16-14-22)20-5-3-2-4-6-20;1-5(2,3)4/h2-10,21-22,31,34H,11-17H2,1H3,(H2,30,35,36);2-10,21-22,33H,11-17,30H2,1H3;(H4,1,2,3,4)/t2*22?,24-,25?;/m00./s1. The van der Waals surface area contributed by atoms with E-state index in [4.69, 9.17) is 10.9 Å². The summed E-state index contributed by atoms with van der Waals surface area (Å²) >= 11 is 0. The van der Waals surface area contributed by atoms with E-state index in [0.717, 1.165) is 76.0 Å². The largest absolute Gasteiger partial charge is 0.421 e. The van der Waals surface area contributed by atoms with E-state index in [2.05, 4.69) is 27.1 Å². The minimum atomic E-state index is -4.84. The molecule has 15 nitrogen and oxygen atoms in total. The number of rotatable bonds is 14. The second-order valence-corrected chi connectivity index (χ2v) is 23.2. The van der Waals surface area contributed by atoms with Crippen molar-refractivity contribution in [2.75, 3.05) is 13.1 Å². The molecule has 0 saturated heterocycles. The number of carbonyl (C=O) groups excluding carboxylic acids is 2. The van der Waals surface area contributed by atoms with Crippen LogP contribution in [0.5, 0.6) is 0 Å². The fourth-order valence-electron chi connectivity index (χ4n) is 10.3. The van der Waals surface area contributed by atoms with Gasteiger partial charge in [0.2, 0.25) is 0 Å². The van der Waals surface area contributed by atoms with Crippen LogP contribution >= 0.6 is 0 Å². The average Bonchev–Trinajstić information content (AvgIpc) is 4.31. The summed E-state index contributed by atoms with van der Waals surface area (Å²) in [5.41, 5.74) is 1.94. The maximum atomic E-state index is 13.5. The maximum absolute atomic E-state index is 13.5. The van der Waals surface area contributed by atoms with Gasteiger partial charge in [0, 0.05) is 59.2 Å². The van der Waals surface area contributed by atoms with Crippen LogP contribution in [0.4, 0.5) is 26.3 Å². The summed E-state index contributed by atoms with van der Waals surface area (Å²) in [6.07, 6.45) is -0.00227. The van der Waals surface area contributed by atoms with Crippen molar-refractivity contribution in [2.45, 2.75) is 149 Å². The molecule has 2 atom stereocenters. The molecule has 0 spiro atoms. The number of benzene rings is 4. The van der Waals surface area contributed by atoms with Crippen LogP contribution in [0.15, 0.2) is 109 Å². The Morgan fingerprint density at radius 3 is 1.12 bits per heavy atom. The zero-order chi connectivity index (χ0) is 55.4. The van der Waals surface area contributed by atoms with Crippen molar-refractivity contribution < 1.29 is 63.0 Å². The Labute approximate surface area is 434 Å². The third-order valence-electron chi connectivity index (χ3n) is 15.2. The summed E-state index contributed by atoms with van der Waals surface area (Å²) in [4.78, 5) is 30.7. The Kier molecular flexibility index (Phi) is 18.1. The van der Waals surface area contributed by atoms with Gasteiger partial charge in [-0.3, -0.25) is 9.59 Å². The summed E-state index contributed by atoms with van der Waals surface area (Å²) in [5.74, 6) is -0.402. The van der Waals surface area contributed by atoms with Gasteiger partial charge in [-0.25, -0.2) is 20.1 Å². The third-order valence-corrected chi connectivity index (χ3v) is 15.8. The quantitative estimate of drug-likeness (QED) is 0.0655. The topological polar surface area (TPSA) is 265 Å². The van der Waals surface area contributed by atoms with Crippen LogP contribution in [-0.4, -0.2) is 98.3 Å². The molecule has 4 aromatic carbocycles. The molecule has 0 bridgehead atoms. The van der Waals surface area contributed by atoms with Gasteiger partial charge in [-0.1, -0.05) is 84.9 Å². The summed E-state index contributed by atoms with van der Waals surface area (Å²) in [6, 6.07) is 30.3. The van der Waals surface area contributed by atoms with Crippen LogP contribution in [0.1, 0.15) is 134 Å². The lowest BCUT2D eigenvalue weighted by molar-refractivity contribution is -0.259. The van der Waals surface area contributed by atoms with E-state index in [1.165, 1.54) is 42.0 Å². The highest BCUT2D eigenvalue weighted by atomic mass is 32.2. The normalized spacial score (nSPS) is 23.9. The number of alkyl halides is 6. The van der Waals surface area contributed by atoms with Crippen LogP contribution in [0.2, 0.25) is 0 Å². The number of amides is 2. The summed E-state index contributed by atoms with van der Waals surface area (Å²) in [5, 5.41) is 33.2. The molecule has 4 aromatic rings. The maximum Gasteiger partial charge on any atom is 0.421 e. The number of carbonyl (C=O) groups is 2. The van der Waals surface area contributed by atoms with Gasteiger partial charge >= 0.3 is 12.4 Å². The molecule has 412 valence electrons. The first-order valence-electron chi connectivity index (χ1n) is 24.7. The number of nitrogens with one attached hydrogen (secondary N) is 1. The molecule has 11 N–H and O–H groups in total. The number of nitrogens with zero attached hydrogens (tertiary/aromatic N) is 2. The molecule has 0 unspecified atom stereocenters. The molecule has 8 rings (SSSR count). The SMILES string of the molecule is C[C@](O)(c1ccc(C(=O)N(C2CC2)C2CCC(CN)(c3ccccc3)CC2)cc1)C(F)(F)F.C[C@](O)(c1ccc(C(=O)N(C2CC2)C2CCC(CNS(N)(=O)=O)(c3ccccc3)CC2)cc1)C(F)(F)F.NS(N)(=O)=O. The average molecular weight is 1100 g/mol. The first-order chi connectivity index (χ1) is 34.8. The van der Waals surface area contributed by atoms with Gasteiger partial charge in [-0.2, -0.15) is 43.2 Å². The fraction of sp³-hybridized carbons (Fsp3) is 0.500. The van der Waals surface area contributed by atoms with Crippen LogP contribution < -0.4 is 25.9 Å². The van der Waals surface area contributed by atoms with E-state index < -0.39 is 49.4 Å². The van der Waals surface area contributed by atoms with E-state index in [0.29, 0.717) is 44.7 Å². The minimum absolute atomic E-state index is 0.0715. The van der Waals surface area contributed by atoms with E-state index in [1.807, 2.05) is 58.3 Å². The first-order valence-corrected chi connectivity index (χ1v) is 27.8. The van der Waals surface area contributed by atoms with Crippen molar-refractivity contribution >= 4 is 32.2 Å². The number of hydrogen-bond donors (Lipinski definition) is 7. The van der Waals surface area contributed by atoms with Crippen LogP contribution in [-0.2, 0) is 42.5 Å². The van der Waals surface area contributed by atoms with Crippen molar-refractivity contribution in [3.8, 4) is 0 Å². The first kappa shape index (κ1) is 59.3. The van der Waals surface area contributed by atoms with E-state index in [1.54, 1.807) is 0 Å². The molecule has 2 amide bonds. The van der Waals surface area contributed by atoms with Gasteiger partial charge in [0.25, 0.3) is 32.2 Å². The molecular formula is C52H67F6N7O8S2. The monoisotopic (exact) mass is 1100 g/mol. The Balaban J connectivity index is 0.000000225. The Morgan fingerprint density at radius 2 is 0.840 bits per heavy atom. The molecule has 75 heavy (non-hydrogen) atoms. The number of nitrogens with two attached hydrogens (primary N) is 4. The molecular weight excluding hydrogens is 1030 g/mol. The van der Waals surface area contributed by atoms with Gasteiger partial charge < -0.3 is 25.7 Å². The molecule has 23 heteroatoms. The Bertz CT molecular complexity index is 2780. The Hall–Kier alpha value is -4.98. The molecule has 0 heterocycles. The summed E-state index contributed by atoms with van der Waals surface area (Å²) in [7, 11) is -7.55. The van der Waals surface area contributed by atoms with Crippen LogP contribution in [0.25, 0.3) is 0 Å².